The zero-order chi connectivity index (χ0) is 11.5. The lowest BCUT2D eigenvalue weighted by Crippen LogP contribution is -2.10. The maximum Gasteiger partial charge on any atom is 0.339 e. The van der Waals surface area contributed by atoms with Crippen molar-refractivity contribution in [3.8, 4) is 0 Å². The molecule has 1 aromatic carbocycles. The third-order valence-electron chi connectivity index (χ3n) is 3.01. The van der Waals surface area contributed by atoms with Crippen molar-refractivity contribution in [2.75, 3.05) is 25.9 Å². The van der Waals surface area contributed by atoms with Gasteiger partial charge < -0.3 is 15.8 Å². The smallest absolute Gasteiger partial charge is 0.339 e. The van der Waals surface area contributed by atoms with Gasteiger partial charge in [0.15, 0.2) is 0 Å². The van der Waals surface area contributed by atoms with E-state index in [-0.39, 0.29) is 5.97 Å². The minimum Gasteiger partial charge on any atom is -0.465 e. The van der Waals surface area contributed by atoms with Crippen molar-refractivity contribution in [2.45, 2.75) is 12.3 Å². The Morgan fingerprint density at radius 1 is 1.56 bits per heavy atom. The van der Waals surface area contributed by atoms with Gasteiger partial charge in [0.05, 0.1) is 12.7 Å². The molecule has 0 spiro atoms. The molecule has 0 aliphatic carbocycles. The fourth-order valence-electron chi connectivity index (χ4n) is 2.07. The number of benzene rings is 1. The van der Waals surface area contributed by atoms with Crippen molar-refractivity contribution in [3.63, 3.8) is 0 Å². The van der Waals surface area contributed by atoms with Crippen LogP contribution in [-0.2, 0) is 4.74 Å². The van der Waals surface area contributed by atoms with E-state index in [0.29, 0.717) is 17.2 Å². The van der Waals surface area contributed by atoms with Crippen molar-refractivity contribution >= 4 is 11.7 Å². The molecular formula is C12H16N2O2. The first-order valence-corrected chi connectivity index (χ1v) is 5.41. The molecule has 2 rings (SSSR count). The van der Waals surface area contributed by atoms with Gasteiger partial charge in [0.2, 0.25) is 0 Å². The molecule has 1 atom stereocenters. The van der Waals surface area contributed by atoms with Crippen molar-refractivity contribution in [2.24, 2.45) is 0 Å². The molecule has 0 bridgehead atoms. The van der Waals surface area contributed by atoms with Crippen LogP contribution in [0.5, 0.6) is 0 Å². The van der Waals surface area contributed by atoms with Crippen LogP contribution in [0, 0.1) is 0 Å². The molecule has 1 aliphatic rings. The lowest BCUT2D eigenvalue weighted by molar-refractivity contribution is 0.0602. The second kappa shape index (κ2) is 4.53. The quantitative estimate of drug-likeness (QED) is 0.579. The van der Waals surface area contributed by atoms with E-state index >= 15 is 0 Å². The predicted octanol–water partition coefficient (Wildman–Crippen LogP) is 1.13. The largest absolute Gasteiger partial charge is 0.465 e. The molecule has 3 N–H and O–H groups in total. The molecule has 1 aromatic rings. The van der Waals surface area contributed by atoms with Crippen LogP contribution in [0.15, 0.2) is 18.2 Å². The molecular weight excluding hydrogens is 204 g/mol. The van der Waals surface area contributed by atoms with E-state index in [1.165, 1.54) is 12.7 Å². The molecule has 86 valence electrons. The van der Waals surface area contributed by atoms with Crippen LogP contribution < -0.4 is 11.1 Å². The molecule has 16 heavy (non-hydrogen) atoms. The number of hydrogen-bond donors (Lipinski definition) is 2. The Bertz CT molecular complexity index is 398. The summed E-state index contributed by atoms with van der Waals surface area (Å²) in [6.07, 6.45) is 1.12. The fourth-order valence-corrected chi connectivity index (χ4v) is 2.07. The molecule has 0 unspecified atom stereocenters. The van der Waals surface area contributed by atoms with Gasteiger partial charge in [0.1, 0.15) is 0 Å². The molecule has 0 aromatic heterocycles. The van der Waals surface area contributed by atoms with Gasteiger partial charge in [-0.05, 0) is 36.6 Å². The van der Waals surface area contributed by atoms with Crippen LogP contribution in [0.1, 0.15) is 28.3 Å². The minimum atomic E-state index is -0.381. The predicted molar refractivity (Wildman–Crippen MR) is 62.4 cm³/mol. The highest BCUT2D eigenvalue weighted by atomic mass is 16.5. The molecule has 0 amide bonds. The average Bonchev–Trinajstić information content (AvgIpc) is 2.81. The first-order valence-electron chi connectivity index (χ1n) is 5.41. The number of nitrogens with one attached hydrogen (secondary N) is 1. The number of anilines is 1. The summed E-state index contributed by atoms with van der Waals surface area (Å²) in [4.78, 5) is 11.4. The van der Waals surface area contributed by atoms with E-state index < -0.39 is 0 Å². The summed E-state index contributed by atoms with van der Waals surface area (Å²) in [7, 11) is 1.36. The van der Waals surface area contributed by atoms with Crippen molar-refractivity contribution in [1.82, 2.24) is 5.32 Å². The fraction of sp³-hybridized carbons (Fsp3) is 0.417. The summed E-state index contributed by atoms with van der Waals surface area (Å²) >= 11 is 0. The van der Waals surface area contributed by atoms with Gasteiger partial charge in [-0.15, -0.1) is 0 Å². The zero-order valence-electron chi connectivity index (χ0n) is 9.32. The topological polar surface area (TPSA) is 64.3 Å². The number of ether oxygens (including phenoxy) is 1. The van der Waals surface area contributed by atoms with E-state index in [9.17, 15) is 4.79 Å². The van der Waals surface area contributed by atoms with Gasteiger partial charge >= 0.3 is 5.97 Å². The van der Waals surface area contributed by atoms with Crippen LogP contribution in [-0.4, -0.2) is 26.2 Å². The number of hydrogen-bond acceptors (Lipinski definition) is 4. The lowest BCUT2D eigenvalue weighted by Gasteiger charge is -2.11. The monoisotopic (exact) mass is 220 g/mol. The van der Waals surface area contributed by atoms with E-state index in [1.54, 1.807) is 6.07 Å². The molecule has 0 radical (unpaired) electrons. The number of nitrogens with two attached hydrogens (primary N) is 1. The Morgan fingerprint density at radius 2 is 2.38 bits per heavy atom. The number of esters is 1. The van der Waals surface area contributed by atoms with E-state index in [4.69, 9.17) is 5.73 Å². The highest BCUT2D eigenvalue weighted by Gasteiger charge is 2.18. The molecule has 1 aliphatic heterocycles. The van der Waals surface area contributed by atoms with E-state index in [0.717, 1.165) is 19.5 Å². The summed E-state index contributed by atoms with van der Waals surface area (Å²) in [5, 5.41) is 3.31. The van der Waals surface area contributed by atoms with Gasteiger partial charge in [-0.2, -0.15) is 0 Å². The second-order valence-corrected chi connectivity index (χ2v) is 4.03. The van der Waals surface area contributed by atoms with E-state index in [2.05, 4.69) is 10.1 Å². The third-order valence-corrected chi connectivity index (χ3v) is 3.01. The molecule has 4 nitrogen and oxygen atoms in total. The lowest BCUT2D eigenvalue weighted by atomic mass is 9.96. The first-order chi connectivity index (χ1) is 7.72. The van der Waals surface area contributed by atoms with Crippen LogP contribution >= 0.6 is 0 Å². The summed E-state index contributed by atoms with van der Waals surface area (Å²) in [5.41, 5.74) is 7.97. The molecule has 1 saturated heterocycles. The number of carbonyl (C=O) groups excluding carboxylic acids is 1. The zero-order valence-corrected chi connectivity index (χ0v) is 9.32. The highest BCUT2D eigenvalue weighted by Crippen LogP contribution is 2.25. The Morgan fingerprint density at radius 3 is 2.94 bits per heavy atom. The highest BCUT2D eigenvalue weighted by molar-refractivity contribution is 5.95. The number of methoxy groups -OCH3 is 1. The minimum absolute atomic E-state index is 0.381. The van der Waals surface area contributed by atoms with Gasteiger partial charge in [0.25, 0.3) is 0 Å². The van der Waals surface area contributed by atoms with Gasteiger partial charge in [-0.25, -0.2) is 4.79 Å². The SMILES string of the molecule is COC(=O)c1ccc([C@H]2CCNC2)cc1N. The van der Waals surface area contributed by atoms with Crippen molar-refractivity contribution < 1.29 is 9.53 Å². The number of nitrogen functional groups attached to an aromatic ring is 1. The summed E-state index contributed by atoms with van der Waals surface area (Å²) in [6, 6.07) is 5.58. The molecule has 1 fully saturated rings. The van der Waals surface area contributed by atoms with E-state index in [1.807, 2.05) is 12.1 Å². The summed E-state index contributed by atoms with van der Waals surface area (Å²) in [5.74, 6) is 0.127. The third kappa shape index (κ3) is 2.02. The Labute approximate surface area is 94.8 Å². The number of carbonyl (C=O) groups is 1. The molecule has 1 heterocycles. The molecule has 0 saturated carbocycles. The maximum absolute atomic E-state index is 11.4. The van der Waals surface area contributed by atoms with Crippen LogP contribution in [0.3, 0.4) is 0 Å². The van der Waals surface area contributed by atoms with Crippen LogP contribution in [0.25, 0.3) is 0 Å². The van der Waals surface area contributed by atoms with Crippen molar-refractivity contribution in [1.29, 1.82) is 0 Å². The number of rotatable bonds is 2. The second-order valence-electron chi connectivity index (χ2n) is 4.03. The van der Waals surface area contributed by atoms with Crippen LogP contribution in [0.2, 0.25) is 0 Å². The van der Waals surface area contributed by atoms with Crippen LogP contribution in [0.4, 0.5) is 5.69 Å². The Kier molecular flexibility index (Phi) is 3.10. The van der Waals surface area contributed by atoms with Crippen molar-refractivity contribution in [3.05, 3.63) is 29.3 Å². The Hall–Kier alpha value is -1.55. The standard InChI is InChI=1S/C12H16N2O2/c1-16-12(15)10-3-2-8(6-11(10)13)9-4-5-14-7-9/h2-3,6,9,14H,4-5,7,13H2,1H3/t9-/m0/s1. The first kappa shape index (κ1) is 11.0. The normalized spacial score (nSPS) is 19.7. The van der Waals surface area contributed by atoms with Gasteiger partial charge in [-0.1, -0.05) is 6.07 Å². The molecule has 4 heteroatoms. The van der Waals surface area contributed by atoms with Gasteiger partial charge in [0, 0.05) is 12.2 Å². The van der Waals surface area contributed by atoms with Gasteiger partial charge in [-0.3, -0.25) is 0 Å². The average molecular weight is 220 g/mol. The maximum atomic E-state index is 11.4. The summed E-state index contributed by atoms with van der Waals surface area (Å²) < 4.78 is 4.65. The summed E-state index contributed by atoms with van der Waals surface area (Å²) in [6.45, 7) is 2.03. The Balaban J connectivity index is 2.25.